The summed E-state index contributed by atoms with van der Waals surface area (Å²) in [5.41, 5.74) is 0.998. The molecule has 3 nitrogen and oxygen atoms in total. The number of allylic oxidation sites excluding steroid dienone is 1. The van der Waals surface area contributed by atoms with E-state index in [1.165, 1.54) is 6.08 Å². The summed E-state index contributed by atoms with van der Waals surface area (Å²) in [5, 5.41) is 9.18. The van der Waals surface area contributed by atoms with Crippen LogP contribution in [0.5, 0.6) is 5.75 Å². The summed E-state index contributed by atoms with van der Waals surface area (Å²) >= 11 is 0. The van der Waals surface area contributed by atoms with Gasteiger partial charge in [0.15, 0.2) is 0 Å². The molecule has 0 fully saturated rings. The van der Waals surface area contributed by atoms with Crippen LogP contribution in [0.1, 0.15) is 25.5 Å². The van der Waals surface area contributed by atoms with Gasteiger partial charge in [0.05, 0.1) is 6.04 Å². The quantitative estimate of drug-likeness (QED) is 0.793. The summed E-state index contributed by atoms with van der Waals surface area (Å²) in [5.74, 6) is 0.210. The number of phenolic OH excluding ortho intramolecular Hbond substituents is 1. The Morgan fingerprint density at radius 2 is 1.94 bits per heavy atom. The molecule has 16 heavy (non-hydrogen) atoms. The van der Waals surface area contributed by atoms with E-state index in [0.29, 0.717) is 0 Å². The Kier molecular flexibility index (Phi) is 4.11. The highest BCUT2D eigenvalue weighted by atomic mass is 16.3. The van der Waals surface area contributed by atoms with E-state index in [-0.39, 0.29) is 17.7 Å². The highest BCUT2D eigenvalue weighted by Gasteiger charge is 2.14. The van der Waals surface area contributed by atoms with Gasteiger partial charge < -0.3 is 10.0 Å². The van der Waals surface area contributed by atoms with E-state index in [0.717, 1.165) is 5.56 Å². The first kappa shape index (κ1) is 12.3. The smallest absolute Gasteiger partial charge is 0.246 e. The Bertz CT molecular complexity index is 381. The van der Waals surface area contributed by atoms with Crippen molar-refractivity contribution < 1.29 is 9.90 Å². The number of phenols is 1. The van der Waals surface area contributed by atoms with Crippen LogP contribution < -0.4 is 0 Å². The SMILES string of the molecule is C/C=C/C(=O)N(C)C(C)c1ccc(O)cc1. The Morgan fingerprint density at radius 1 is 1.38 bits per heavy atom. The summed E-state index contributed by atoms with van der Waals surface area (Å²) in [6, 6.07) is 6.88. The number of nitrogens with zero attached hydrogens (tertiary/aromatic N) is 1. The van der Waals surface area contributed by atoms with Crippen LogP contribution in [0.2, 0.25) is 0 Å². The maximum absolute atomic E-state index is 11.6. The van der Waals surface area contributed by atoms with Crippen molar-refractivity contribution in [2.75, 3.05) is 7.05 Å². The fourth-order valence-corrected chi connectivity index (χ4v) is 1.43. The van der Waals surface area contributed by atoms with Crippen LogP contribution in [0, 0.1) is 0 Å². The molecule has 1 aromatic carbocycles. The second-order valence-corrected chi connectivity index (χ2v) is 3.72. The minimum Gasteiger partial charge on any atom is -0.508 e. The standard InChI is InChI=1S/C13H17NO2/c1-4-5-13(16)14(3)10(2)11-6-8-12(15)9-7-11/h4-10,15H,1-3H3/b5-4+. The lowest BCUT2D eigenvalue weighted by atomic mass is 10.1. The number of hydrogen-bond donors (Lipinski definition) is 1. The van der Waals surface area contributed by atoms with Gasteiger partial charge in [-0.05, 0) is 37.6 Å². The number of carbonyl (C=O) groups is 1. The van der Waals surface area contributed by atoms with Crippen molar-refractivity contribution in [3.63, 3.8) is 0 Å². The predicted molar refractivity (Wildman–Crippen MR) is 64.1 cm³/mol. The van der Waals surface area contributed by atoms with E-state index in [4.69, 9.17) is 0 Å². The van der Waals surface area contributed by atoms with E-state index >= 15 is 0 Å². The topological polar surface area (TPSA) is 40.5 Å². The zero-order chi connectivity index (χ0) is 12.1. The first-order valence-electron chi connectivity index (χ1n) is 5.24. The normalized spacial score (nSPS) is 12.7. The maximum Gasteiger partial charge on any atom is 0.246 e. The van der Waals surface area contributed by atoms with Crippen LogP contribution in [-0.2, 0) is 4.79 Å². The van der Waals surface area contributed by atoms with E-state index in [9.17, 15) is 9.90 Å². The van der Waals surface area contributed by atoms with Crippen molar-refractivity contribution in [1.82, 2.24) is 4.90 Å². The molecule has 0 saturated carbocycles. The van der Waals surface area contributed by atoms with Crippen LogP contribution >= 0.6 is 0 Å². The number of likely N-dealkylation sites (N-methyl/N-ethyl adjacent to an activating group) is 1. The summed E-state index contributed by atoms with van der Waals surface area (Å²) < 4.78 is 0. The van der Waals surface area contributed by atoms with Gasteiger partial charge in [-0.25, -0.2) is 0 Å². The molecule has 0 saturated heterocycles. The maximum atomic E-state index is 11.6. The zero-order valence-electron chi connectivity index (χ0n) is 9.84. The van der Waals surface area contributed by atoms with Gasteiger partial charge in [-0.15, -0.1) is 0 Å². The van der Waals surface area contributed by atoms with Crippen LogP contribution in [0.4, 0.5) is 0 Å². The third-order valence-corrected chi connectivity index (χ3v) is 2.61. The van der Waals surface area contributed by atoms with E-state index in [2.05, 4.69) is 0 Å². The van der Waals surface area contributed by atoms with Gasteiger partial charge in [0.2, 0.25) is 5.91 Å². The van der Waals surface area contributed by atoms with E-state index in [1.807, 2.05) is 26.0 Å². The monoisotopic (exact) mass is 219 g/mol. The van der Waals surface area contributed by atoms with Crippen LogP contribution in [-0.4, -0.2) is 23.0 Å². The molecule has 0 bridgehead atoms. The molecule has 0 aromatic heterocycles. The summed E-state index contributed by atoms with van der Waals surface area (Å²) in [4.78, 5) is 13.3. The molecule has 86 valence electrons. The molecule has 0 aliphatic heterocycles. The molecule has 1 atom stereocenters. The molecule has 0 spiro atoms. The lowest BCUT2D eigenvalue weighted by Gasteiger charge is -2.24. The average Bonchev–Trinajstić information content (AvgIpc) is 2.28. The molecule has 0 heterocycles. The van der Waals surface area contributed by atoms with E-state index in [1.54, 1.807) is 30.2 Å². The van der Waals surface area contributed by atoms with Crippen molar-refractivity contribution in [2.45, 2.75) is 19.9 Å². The first-order chi connectivity index (χ1) is 7.56. The van der Waals surface area contributed by atoms with Gasteiger partial charge in [-0.3, -0.25) is 4.79 Å². The number of carbonyl (C=O) groups excluding carboxylic acids is 1. The highest BCUT2D eigenvalue weighted by molar-refractivity contribution is 5.87. The molecule has 0 radical (unpaired) electrons. The van der Waals surface area contributed by atoms with Crippen LogP contribution in [0.25, 0.3) is 0 Å². The van der Waals surface area contributed by atoms with Crippen molar-refractivity contribution >= 4 is 5.91 Å². The van der Waals surface area contributed by atoms with Gasteiger partial charge in [-0.2, -0.15) is 0 Å². The Hall–Kier alpha value is -1.77. The van der Waals surface area contributed by atoms with Gasteiger partial charge in [0.1, 0.15) is 5.75 Å². The summed E-state index contributed by atoms with van der Waals surface area (Å²) in [7, 11) is 1.76. The molecule has 1 aromatic rings. The highest BCUT2D eigenvalue weighted by Crippen LogP contribution is 2.21. The Balaban J connectivity index is 2.81. The first-order valence-corrected chi connectivity index (χ1v) is 5.24. The van der Waals surface area contributed by atoms with Gasteiger partial charge in [0, 0.05) is 7.05 Å². The van der Waals surface area contributed by atoms with Gasteiger partial charge in [-0.1, -0.05) is 18.2 Å². The lowest BCUT2D eigenvalue weighted by Crippen LogP contribution is -2.27. The molecule has 1 rings (SSSR count). The van der Waals surface area contributed by atoms with Crippen molar-refractivity contribution in [2.24, 2.45) is 0 Å². The molecule has 1 unspecified atom stereocenters. The van der Waals surface area contributed by atoms with Crippen molar-refractivity contribution in [1.29, 1.82) is 0 Å². The van der Waals surface area contributed by atoms with E-state index < -0.39 is 0 Å². The second kappa shape index (κ2) is 5.35. The number of amides is 1. The number of aromatic hydroxyl groups is 1. The Morgan fingerprint density at radius 3 is 2.44 bits per heavy atom. The molecule has 0 aliphatic carbocycles. The number of rotatable bonds is 3. The molecule has 1 N–H and O–H groups in total. The Labute approximate surface area is 96.0 Å². The minimum atomic E-state index is -0.0249. The van der Waals surface area contributed by atoms with Crippen molar-refractivity contribution in [3.05, 3.63) is 42.0 Å². The van der Waals surface area contributed by atoms with Gasteiger partial charge >= 0.3 is 0 Å². The largest absolute Gasteiger partial charge is 0.508 e. The second-order valence-electron chi connectivity index (χ2n) is 3.72. The molecular formula is C13H17NO2. The minimum absolute atomic E-state index is 0.00991. The molecular weight excluding hydrogens is 202 g/mol. The number of hydrogen-bond acceptors (Lipinski definition) is 2. The molecule has 1 amide bonds. The fraction of sp³-hybridized carbons (Fsp3) is 0.308. The fourth-order valence-electron chi connectivity index (χ4n) is 1.43. The van der Waals surface area contributed by atoms with Gasteiger partial charge in [0.25, 0.3) is 0 Å². The number of benzene rings is 1. The molecule has 0 aliphatic rings. The lowest BCUT2D eigenvalue weighted by molar-refractivity contribution is -0.126. The van der Waals surface area contributed by atoms with Crippen LogP contribution in [0.15, 0.2) is 36.4 Å². The van der Waals surface area contributed by atoms with Crippen LogP contribution in [0.3, 0.4) is 0 Å². The predicted octanol–water partition coefficient (Wildman–Crippen LogP) is 2.49. The van der Waals surface area contributed by atoms with Crippen molar-refractivity contribution in [3.8, 4) is 5.75 Å². The molecule has 3 heteroatoms. The third kappa shape index (κ3) is 2.86. The third-order valence-electron chi connectivity index (χ3n) is 2.61. The zero-order valence-corrected chi connectivity index (χ0v) is 9.84. The average molecular weight is 219 g/mol. The summed E-state index contributed by atoms with van der Waals surface area (Å²) in [6.45, 7) is 3.77. The summed E-state index contributed by atoms with van der Waals surface area (Å²) in [6.07, 6.45) is 3.26.